The molecule has 19 heavy (non-hydrogen) atoms. The zero-order chi connectivity index (χ0) is 12.4. The molecule has 3 rings (SSSR count). The highest BCUT2D eigenvalue weighted by Crippen LogP contribution is 2.28. The summed E-state index contributed by atoms with van der Waals surface area (Å²) in [5.74, 6) is 0.204. The average Bonchev–Trinajstić information content (AvgIpc) is 2.47. The quantitative estimate of drug-likeness (QED) is 0.767. The minimum Gasteiger partial charge on any atom is -0.378 e. The van der Waals surface area contributed by atoms with Crippen molar-refractivity contribution in [3.63, 3.8) is 0 Å². The summed E-state index contributed by atoms with van der Waals surface area (Å²) in [5.41, 5.74) is 0. The predicted molar refractivity (Wildman–Crippen MR) is 73.6 cm³/mol. The first-order valence-corrected chi connectivity index (χ1v) is 7.09. The second-order valence-corrected chi connectivity index (χ2v) is 5.37. The van der Waals surface area contributed by atoms with Gasteiger partial charge in [0.1, 0.15) is 6.04 Å². The number of fused-ring (bicyclic) bond motifs is 1. The zero-order valence-electron chi connectivity index (χ0n) is 11.2. The van der Waals surface area contributed by atoms with Crippen molar-refractivity contribution in [2.24, 2.45) is 0 Å². The van der Waals surface area contributed by atoms with E-state index in [1.807, 2.05) is 4.90 Å². The number of nitrogens with one attached hydrogen (secondary N) is 1. The van der Waals surface area contributed by atoms with Crippen molar-refractivity contribution in [2.75, 3.05) is 32.9 Å². The van der Waals surface area contributed by atoms with Gasteiger partial charge >= 0.3 is 0 Å². The molecule has 0 bridgehead atoms. The Morgan fingerprint density at radius 2 is 2.05 bits per heavy atom. The van der Waals surface area contributed by atoms with Gasteiger partial charge in [0.25, 0.3) is 0 Å². The maximum Gasteiger partial charge on any atom is 0.242 e. The van der Waals surface area contributed by atoms with Crippen molar-refractivity contribution in [3.05, 3.63) is 0 Å². The van der Waals surface area contributed by atoms with E-state index in [0.717, 1.165) is 25.9 Å². The predicted octanol–water partition coefficient (Wildman–Crippen LogP) is 0.567. The van der Waals surface area contributed by atoms with E-state index in [2.05, 4.69) is 5.32 Å². The third-order valence-electron chi connectivity index (χ3n) is 4.23. The van der Waals surface area contributed by atoms with Gasteiger partial charge in [-0.2, -0.15) is 0 Å². The van der Waals surface area contributed by atoms with Gasteiger partial charge in [-0.1, -0.05) is 12.8 Å². The highest BCUT2D eigenvalue weighted by molar-refractivity contribution is 5.85. The Bertz CT molecular complexity index is 308. The molecule has 1 saturated carbocycles. The van der Waals surface area contributed by atoms with Crippen LogP contribution in [0.4, 0.5) is 0 Å². The second-order valence-electron chi connectivity index (χ2n) is 5.37. The van der Waals surface area contributed by atoms with Crippen LogP contribution >= 0.6 is 12.4 Å². The lowest BCUT2D eigenvalue weighted by Gasteiger charge is -2.45. The van der Waals surface area contributed by atoms with Crippen LogP contribution in [-0.2, 0) is 14.3 Å². The molecule has 2 heterocycles. The second kappa shape index (κ2) is 6.88. The highest BCUT2D eigenvalue weighted by Gasteiger charge is 2.39. The molecule has 5 nitrogen and oxygen atoms in total. The summed E-state index contributed by atoms with van der Waals surface area (Å²) in [7, 11) is 0. The van der Waals surface area contributed by atoms with Gasteiger partial charge in [-0.3, -0.25) is 4.79 Å². The number of rotatable bonds is 1. The van der Waals surface area contributed by atoms with Gasteiger partial charge in [-0.15, -0.1) is 12.4 Å². The maximum absolute atomic E-state index is 12.5. The van der Waals surface area contributed by atoms with Crippen molar-refractivity contribution in [2.45, 2.75) is 43.9 Å². The number of carbonyl (C=O) groups excluding carboxylic acids is 1. The fourth-order valence-electron chi connectivity index (χ4n) is 3.29. The normalized spacial score (nSPS) is 35.2. The van der Waals surface area contributed by atoms with Gasteiger partial charge in [0, 0.05) is 13.1 Å². The standard InChI is InChI=1S/C13H22N2O3.ClH/c16-13(10-9-17-7-5-14-10)15-6-8-18-12-4-2-1-3-11(12)15;/h10-12,14H,1-9H2;1H. The number of halogens is 1. The smallest absolute Gasteiger partial charge is 0.242 e. The molecule has 2 saturated heterocycles. The van der Waals surface area contributed by atoms with Crippen LogP contribution in [0.5, 0.6) is 0 Å². The molecular weight excluding hydrogens is 268 g/mol. The van der Waals surface area contributed by atoms with Crippen LogP contribution in [-0.4, -0.2) is 61.9 Å². The summed E-state index contributed by atoms with van der Waals surface area (Å²) >= 11 is 0. The Morgan fingerprint density at radius 1 is 1.21 bits per heavy atom. The fraction of sp³-hybridized carbons (Fsp3) is 0.923. The summed E-state index contributed by atoms with van der Waals surface area (Å²) in [6.07, 6.45) is 4.89. The Hall–Kier alpha value is -0.360. The molecule has 1 amide bonds. The minimum atomic E-state index is -0.153. The van der Waals surface area contributed by atoms with Crippen LogP contribution in [0.1, 0.15) is 25.7 Å². The Morgan fingerprint density at radius 3 is 2.84 bits per heavy atom. The molecule has 110 valence electrons. The Kier molecular flexibility index (Phi) is 5.45. The van der Waals surface area contributed by atoms with E-state index in [1.165, 1.54) is 12.8 Å². The number of nitrogens with zero attached hydrogens (tertiary/aromatic N) is 1. The number of ether oxygens (including phenoxy) is 2. The van der Waals surface area contributed by atoms with Crippen LogP contribution in [0.25, 0.3) is 0 Å². The van der Waals surface area contributed by atoms with Gasteiger partial charge < -0.3 is 19.7 Å². The van der Waals surface area contributed by atoms with Gasteiger partial charge in [0.15, 0.2) is 0 Å². The molecule has 3 aliphatic rings. The van der Waals surface area contributed by atoms with Crippen LogP contribution in [0.2, 0.25) is 0 Å². The van der Waals surface area contributed by atoms with Gasteiger partial charge in [0.05, 0.1) is 32.0 Å². The van der Waals surface area contributed by atoms with Crippen molar-refractivity contribution in [1.82, 2.24) is 10.2 Å². The Labute approximate surface area is 120 Å². The van der Waals surface area contributed by atoms with Crippen LogP contribution in [0.15, 0.2) is 0 Å². The first-order chi connectivity index (χ1) is 8.86. The van der Waals surface area contributed by atoms with E-state index in [0.29, 0.717) is 25.9 Å². The topological polar surface area (TPSA) is 50.8 Å². The highest BCUT2D eigenvalue weighted by atomic mass is 35.5. The molecule has 3 atom stereocenters. The first kappa shape index (κ1) is 15.0. The third kappa shape index (κ3) is 3.21. The number of hydrogen-bond donors (Lipinski definition) is 1. The summed E-state index contributed by atoms with van der Waals surface area (Å²) in [6.45, 7) is 3.40. The number of carbonyl (C=O) groups is 1. The zero-order valence-corrected chi connectivity index (χ0v) is 12.0. The van der Waals surface area contributed by atoms with E-state index in [9.17, 15) is 4.79 Å². The van der Waals surface area contributed by atoms with Crippen molar-refractivity contribution >= 4 is 18.3 Å². The largest absolute Gasteiger partial charge is 0.378 e. The summed E-state index contributed by atoms with van der Waals surface area (Å²) < 4.78 is 11.2. The van der Waals surface area contributed by atoms with Crippen molar-refractivity contribution < 1.29 is 14.3 Å². The molecule has 0 radical (unpaired) electrons. The van der Waals surface area contributed by atoms with E-state index in [1.54, 1.807) is 0 Å². The molecule has 1 aliphatic carbocycles. The molecule has 1 N–H and O–H groups in total. The third-order valence-corrected chi connectivity index (χ3v) is 4.23. The van der Waals surface area contributed by atoms with E-state index in [4.69, 9.17) is 9.47 Å². The Balaban J connectivity index is 0.00000133. The monoisotopic (exact) mass is 290 g/mol. The maximum atomic E-state index is 12.5. The van der Waals surface area contributed by atoms with Crippen molar-refractivity contribution in [3.8, 4) is 0 Å². The molecule has 2 aliphatic heterocycles. The SMILES string of the molecule is Cl.O=C(C1COCCN1)N1CCOC2CCCCC21. The minimum absolute atomic E-state index is 0. The van der Waals surface area contributed by atoms with E-state index in [-0.39, 0.29) is 30.5 Å². The molecule has 0 aromatic rings. The van der Waals surface area contributed by atoms with Gasteiger partial charge in [0.2, 0.25) is 5.91 Å². The van der Waals surface area contributed by atoms with E-state index >= 15 is 0 Å². The number of morpholine rings is 2. The van der Waals surface area contributed by atoms with Crippen LogP contribution in [0, 0.1) is 0 Å². The lowest BCUT2D eigenvalue weighted by Crippen LogP contribution is -2.61. The van der Waals surface area contributed by atoms with E-state index < -0.39 is 0 Å². The molecule has 3 unspecified atom stereocenters. The lowest BCUT2D eigenvalue weighted by atomic mass is 9.89. The fourth-order valence-corrected chi connectivity index (χ4v) is 3.29. The van der Waals surface area contributed by atoms with Crippen molar-refractivity contribution in [1.29, 1.82) is 0 Å². The van der Waals surface area contributed by atoms with Crippen LogP contribution in [0.3, 0.4) is 0 Å². The summed E-state index contributed by atoms with van der Waals surface area (Å²) in [4.78, 5) is 14.6. The molecule has 0 spiro atoms. The molecule has 0 aromatic heterocycles. The number of amides is 1. The average molecular weight is 291 g/mol. The molecule has 3 fully saturated rings. The summed E-state index contributed by atoms with van der Waals surface area (Å²) in [5, 5.41) is 3.25. The summed E-state index contributed by atoms with van der Waals surface area (Å²) in [6, 6.07) is 0.142. The lowest BCUT2D eigenvalue weighted by molar-refractivity contribution is -0.154. The number of hydrogen-bond acceptors (Lipinski definition) is 4. The molecule has 6 heteroatoms. The molecular formula is C13H23ClN2O3. The molecule has 0 aromatic carbocycles. The van der Waals surface area contributed by atoms with Gasteiger partial charge in [-0.25, -0.2) is 0 Å². The van der Waals surface area contributed by atoms with Crippen LogP contribution < -0.4 is 5.32 Å². The van der Waals surface area contributed by atoms with Gasteiger partial charge in [-0.05, 0) is 12.8 Å². The first-order valence-electron chi connectivity index (χ1n) is 7.09.